The fraction of sp³-hybridized carbons (Fsp3) is 0.111. The summed E-state index contributed by atoms with van der Waals surface area (Å²) in [5.41, 5.74) is 6.02. The van der Waals surface area contributed by atoms with Crippen molar-refractivity contribution in [2.75, 3.05) is 0 Å². The van der Waals surface area contributed by atoms with Gasteiger partial charge in [-0.2, -0.15) is 5.10 Å². The second-order valence-electron chi connectivity index (χ2n) is 7.75. The monoisotopic (exact) mass is 444 g/mol. The van der Waals surface area contributed by atoms with Crippen LogP contribution in [0.25, 0.3) is 28.1 Å². The number of carboxylic acids is 1. The molecule has 0 bridgehead atoms. The summed E-state index contributed by atoms with van der Waals surface area (Å²) >= 11 is 0. The third kappa shape index (κ3) is 4.60. The van der Waals surface area contributed by atoms with Crippen LogP contribution in [0, 0.1) is 18.6 Å². The first-order valence-corrected chi connectivity index (χ1v) is 10.5. The standard InChI is InChI=1S/C27H22F2N2O2/c1-3-22(23-10-9-21(28)12-16(23)2)26(18-7-4-17(5-8-18)6-11-25(32)33)19-13-20-15-30-31-27(20)24(29)14-19/h4-15H,3H2,1-2H3,(H,30,31)(H,32,33)/b11-6+,26-22+. The van der Waals surface area contributed by atoms with E-state index in [4.69, 9.17) is 5.11 Å². The molecular weight excluding hydrogens is 422 g/mol. The van der Waals surface area contributed by atoms with Crippen molar-refractivity contribution >= 4 is 34.1 Å². The fourth-order valence-corrected chi connectivity index (χ4v) is 4.07. The lowest BCUT2D eigenvalue weighted by Crippen LogP contribution is -1.98. The van der Waals surface area contributed by atoms with Crippen LogP contribution in [0.15, 0.2) is 66.9 Å². The molecule has 2 N–H and O–H groups in total. The molecule has 0 radical (unpaired) electrons. The minimum absolute atomic E-state index is 0.311. The molecule has 0 aliphatic heterocycles. The highest BCUT2D eigenvalue weighted by atomic mass is 19.1. The second kappa shape index (κ2) is 9.20. The smallest absolute Gasteiger partial charge is 0.328 e. The Kier molecular flexibility index (Phi) is 6.18. The second-order valence-corrected chi connectivity index (χ2v) is 7.75. The van der Waals surface area contributed by atoms with Gasteiger partial charge in [-0.15, -0.1) is 0 Å². The quantitative estimate of drug-likeness (QED) is 0.260. The summed E-state index contributed by atoms with van der Waals surface area (Å²) in [6, 6.07) is 15.4. The van der Waals surface area contributed by atoms with E-state index in [1.807, 2.05) is 44.2 Å². The molecule has 0 saturated carbocycles. The maximum absolute atomic E-state index is 14.9. The summed E-state index contributed by atoms with van der Waals surface area (Å²) in [7, 11) is 0. The zero-order valence-corrected chi connectivity index (χ0v) is 18.2. The molecule has 0 spiro atoms. The van der Waals surface area contributed by atoms with E-state index < -0.39 is 11.8 Å². The molecule has 4 rings (SSSR count). The van der Waals surface area contributed by atoms with E-state index in [9.17, 15) is 13.6 Å². The molecule has 0 unspecified atom stereocenters. The first-order valence-electron chi connectivity index (χ1n) is 10.5. The summed E-state index contributed by atoms with van der Waals surface area (Å²) < 4.78 is 28.7. The number of aromatic amines is 1. The maximum Gasteiger partial charge on any atom is 0.328 e. The fourth-order valence-electron chi connectivity index (χ4n) is 4.07. The lowest BCUT2D eigenvalue weighted by atomic mass is 9.86. The summed E-state index contributed by atoms with van der Waals surface area (Å²) in [6.45, 7) is 3.86. The normalized spacial score (nSPS) is 12.4. The van der Waals surface area contributed by atoms with Gasteiger partial charge in [-0.25, -0.2) is 13.6 Å². The number of aromatic nitrogens is 2. The van der Waals surface area contributed by atoms with Gasteiger partial charge in [0.15, 0.2) is 0 Å². The van der Waals surface area contributed by atoms with Gasteiger partial charge in [-0.3, -0.25) is 5.10 Å². The van der Waals surface area contributed by atoms with E-state index in [1.165, 1.54) is 24.3 Å². The lowest BCUT2D eigenvalue weighted by Gasteiger charge is -2.18. The van der Waals surface area contributed by atoms with Crippen LogP contribution in [0.3, 0.4) is 0 Å². The number of aryl methyl sites for hydroxylation is 1. The largest absolute Gasteiger partial charge is 0.478 e. The average molecular weight is 444 g/mol. The van der Waals surface area contributed by atoms with E-state index in [-0.39, 0.29) is 5.82 Å². The Morgan fingerprint density at radius 3 is 2.48 bits per heavy atom. The Bertz CT molecular complexity index is 1400. The molecule has 1 heterocycles. The van der Waals surface area contributed by atoms with Crippen LogP contribution in [0.2, 0.25) is 0 Å². The van der Waals surface area contributed by atoms with Crippen LogP contribution < -0.4 is 0 Å². The number of halogens is 2. The highest BCUT2D eigenvalue weighted by Crippen LogP contribution is 2.37. The Morgan fingerprint density at radius 1 is 1.06 bits per heavy atom. The van der Waals surface area contributed by atoms with Crippen molar-refractivity contribution in [3.63, 3.8) is 0 Å². The van der Waals surface area contributed by atoms with Crippen LogP contribution >= 0.6 is 0 Å². The molecule has 33 heavy (non-hydrogen) atoms. The molecule has 0 atom stereocenters. The van der Waals surface area contributed by atoms with Gasteiger partial charge in [0, 0.05) is 11.5 Å². The summed E-state index contributed by atoms with van der Waals surface area (Å²) in [6.07, 6.45) is 4.80. The first kappa shape index (κ1) is 22.1. The summed E-state index contributed by atoms with van der Waals surface area (Å²) in [4.78, 5) is 10.8. The molecule has 0 aliphatic rings. The number of nitrogens with one attached hydrogen (secondary N) is 1. The lowest BCUT2D eigenvalue weighted by molar-refractivity contribution is -0.131. The van der Waals surface area contributed by atoms with Gasteiger partial charge in [-0.1, -0.05) is 37.3 Å². The van der Waals surface area contributed by atoms with Crippen molar-refractivity contribution in [1.82, 2.24) is 10.2 Å². The van der Waals surface area contributed by atoms with E-state index in [0.29, 0.717) is 22.9 Å². The van der Waals surface area contributed by atoms with Gasteiger partial charge in [0.1, 0.15) is 17.2 Å². The topological polar surface area (TPSA) is 66.0 Å². The highest BCUT2D eigenvalue weighted by molar-refractivity contribution is 6.01. The number of carbonyl (C=O) groups is 1. The van der Waals surface area contributed by atoms with E-state index in [0.717, 1.165) is 39.5 Å². The highest BCUT2D eigenvalue weighted by Gasteiger charge is 2.17. The molecule has 4 aromatic rings. The van der Waals surface area contributed by atoms with Gasteiger partial charge >= 0.3 is 5.97 Å². The van der Waals surface area contributed by atoms with E-state index in [1.54, 1.807) is 12.3 Å². The number of hydrogen-bond acceptors (Lipinski definition) is 2. The van der Waals surface area contributed by atoms with Crippen molar-refractivity contribution in [3.8, 4) is 0 Å². The zero-order chi connectivity index (χ0) is 23.5. The molecule has 6 heteroatoms. The third-order valence-electron chi connectivity index (χ3n) is 5.58. The number of H-pyrrole nitrogens is 1. The SMILES string of the molecule is CC/C(=C(/c1ccc(/C=C/C(=O)O)cc1)c1cc(F)c2[nH]ncc2c1)c1ccc(F)cc1C. The van der Waals surface area contributed by atoms with Crippen LogP contribution in [-0.4, -0.2) is 21.3 Å². The molecule has 166 valence electrons. The third-order valence-corrected chi connectivity index (χ3v) is 5.58. The minimum Gasteiger partial charge on any atom is -0.478 e. The van der Waals surface area contributed by atoms with Crippen molar-refractivity contribution in [3.05, 3.63) is 106 Å². The van der Waals surface area contributed by atoms with Crippen molar-refractivity contribution in [1.29, 1.82) is 0 Å². The first-order chi connectivity index (χ1) is 15.9. The molecular formula is C27H22F2N2O2. The average Bonchev–Trinajstić information content (AvgIpc) is 3.26. The molecule has 3 aromatic carbocycles. The van der Waals surface area contributed by atoms with E-state index in [2.05, 4.69) is 10.2 Å². The Labute approximate surface area is 189 Å². The summed E-state index contributed by atoms with van der Waals surface area (Å²) in [5.74, 6) is -1.75. The Hall–Kier alpha value is -4.06. The molecule has 0 fully saturated rings. The molecule has 0 aliphatic carbocycles. The number of fused-ring (bicyclic) bond motifs is 1. The minimum atomic E-state index is -1.02. The van der Waals surface area contributed by atoms with Gasteiger partial charge in [0.2, 0.25) is 0 Å². The van der Waals surface area contributed by atoms with Crippen LogP contribution in [-0.2, 0) is 4.79 Å². The van der Waals surface area contributed by atoms with Crippen LogP contribution in [0.1, 0.15) is 41.2 Å². The number of carboxylic acid groups (broad SMARTS) is 1. The predicted octanol–water partition coefficient (Wildman–Crippen LogP) is 6.62. The van der Waals surface area contributed by atoms with Crippen molar-refractivity contribution in [2.45, 2.75) is 20.3 Å². The number of hydrogen-bond donors (Lipinski definition) is 2. The molecule has 4 nitrogen and oxygen atoms in total. The molecule has 0 saturated heterocycles. The van der Waals surface area contributed by atoms with Crippen molar-refractivity contribution in [2.24, 2.45) is 0 Å². The van der Waals surface area contributed by atoms with Crippen molar-refractivity contribution < 1.29 is 18.7 Å². The van der Waals surface area contributed by atoms with Crippen LogP contribution in [0.4, 0.5) is 8.78 Å². The molecule has 0 amide bonds. The number of aliphatic carboxylic acids is 1. The number of rotatable bonds is 6. The molecule has 1 aromatic heterocycles. The van der Waals surface area contributed by atoms with Gasteiger partial charge < -0.3 is 5.11 Å². The number of benzene rings is 3. The maximum atomic E-state index is 14.9. The number of allylic oxidation sites excluding steroid dienone is 1. The van der Waals surface area contributed by atoms with Gasteiger partial charge in [0.25, 0.3) is 0 Å². The summed E-state index contributed by atoms with van der Waals surface area (Å²) in [5, 5.41) is 16.1. The zero-order valence-electron chi connectivity index (χ0n) is 18.2. The van der Waals surface area contributed by atoms with Crippen LogP contribution in [0.5, 0.6) is 0 Å². The van der Waals surface area contributed by atoms with E-state index >= 15 is 0 Å². The number of nitrogens with zero attached hydrogens (tertiary/aromatic N) is 1. The predicted molar refractivity (Wildman–Crippen MR) is 127 cm³/mol. The Morgan fingerprint density at radius 2 is 1.82 bits per heavy atom. The Balaban J connectivity index is 1.97. The van der Waals surface area contributed by atoms with Gasteiger partial charge in [-0.05, 0) is 82.6 Å². The van der Waals surface area contributed by atoms with Gasteiger partial charge in [0.05, 0.1) is 6.20 Å².